The first-order valence-corrected chi connectivity index (χ1v) is 7.98. The summed E-state index contributed by atoms with van der Waals surface area (Å²) < 4.78 is 10.4. The average Bonchev–Trinajstić information content (AvgIpc) is 2.65. The maximum Gasteiger partial charge on any atom is 0.255 e. The molecule has 1 N–H and O–H groups in total. The zero-order chi connectivity index (χ0) is 19.1. The largest absolute Gasteiger partial charge is 0.493 e. The van der Waals surface area contributed by atoms with Crippen LogP contribution in [0.25, 0.3) is 6.08 Å². The molecule has 136 valence electrons. The number of nitrogens with one attached hydrogen (secondary N) is 1. The van der Waals surface area contributed by atoms with E-state index in [9.17, 15) is 9.59 Å². The topological polar surface area (TPSA) is 67.9 Å². The van der Waals surface area contributed by atoms with Gasteiger partial charge in [0.1, 0.15) is 0 Å². The van der Waals surface area contributed by atoms with E-state index in [1.54, 1.807) is 70.8 Å². The van der Waals surface area contributed by atoms with Gasteiger partial charge in [0, 0.05) is 20.2 Å². The quantitative estimate of drug-likeness (QED) is 0.810. The fourth-order valence-corrected chi connectivity index (χ4v) is 2.32. The van der Waals surface area contributed by atoms with Crippen LogP contribution in [0.15, 0.2) is 48.5 Å². The van der Waals surface area contributed by atoms with Crippen molar-refractivity contribution in [2.45, 2.75) is 0 Å². The molecule has 0 aromatic heterocycles. The first kappa shape index (κ1) is 19.1. The number of amides is 2. The lowest BCUT2D eigenvalue weighted by Gasteiger charge is -2.14. The molecule has 0 saturated carbocycles. The minimum Gasteiger partial charge on any atom is -0.493 e. The van der Waals surface area contributed by atoms with Crippen LogP contribution < -0.4 is 14.8 Å². The fourth-order valence-electron chi connectivity index (χ4n) is 2.32. The second kappa shape index (κ2) is 8.71. The van der Waals surface area contributed by atoms with Gasteiger partial charge in [-0.15, -0.1) is 0 Å². The van der Waals surface area contributed by atoms with Crippen molar-refractivity contribution in [3.05, 3.63) is 59.7 Å². The number of para-hydroxylation sites is 1. The highest BCUT2D eigenvalue weighted by Gasteiger charge is 2.13. The molecule has 0 heterocycles. The number of nitrogens with zero attached hydrogens (tertiary/aromatic N) is 1. The molecule has 0 fully saturated rings. The fraction of sp³-hybridized carbons (Fsp3) is 0.200. The summed E-state index contributed by atoms with van der Waals surface area (Å²) in [5, 5.41) is 2.74. The van der Waals surface area contributed by atoms with E-state index in [-0.39, 0.29) is 11.8 Å². The zero-order valence-electron chi connectivity index (χ0n) is 15.3. The zero-order valence-corrected chi connectivity index (χ0v) is 15.3. The third-order valence-electron chi connectivity index (χ3n) is 3.66. The number of hydrogen-bond acceptors (Lipinski definition) is 4. The molecule has 26 heavy (non-hydrogen) atoms. The monoisotopic (exact) mass is 354 g/mol. The summed E-state index contributed by atoms with van der Waals surface area (Å²) in [6, 6.07) is 12.2. The van der Waals surface area contributed by atoms with Crippen molar-refractivity contribution in [1.29, 1.82) is 0 Å². The number of methoxy groups -OCH3 is 2. The van der Waals surface area contributed by atoms with Crippen LogP contribution in [0.2, 0.25) is 0 Å². The Hall–Kier alpha value is -3.28. The first-order valence-electron chi connectivity index (χ1n) is 7.98. The summed E-state index contributed by atoms with van der Waals surface area (Å²) in [5.74, 6) is 0.686. The van der Waals surface area contributed by atoms with Crippen molar-refractivity contribution < 1.29 is 19.1 Å². The maximum absolute atomic E-state index is 12.2. The van der Waals surface area contributed by atoms with E-state index in [0.717, 1.165) is 5.56 Å². The first-order chi connectivity index (χ1) is 12.5. The van der Waals surface area contributed by atoms with E-state index in [1.165, 1.54) is 11.0 Å². The van der Waals surface area contributed by atoms with Crippen LogP contribution in [0.4, 0.5) is 5.69 Å². The lowest BCUT2D eigenvalue weighted by Crippen LogP contribution is -2.23. The molecule has 0 unspecified atom stereocenters. The highest BCUT2D eigenvalue weighted by molar-refractivity contribution is 6.07. The smallest absolute Gasteiger partial charge is 0.255 e. The number of ether oxygens (including phenoxy) is 2. The molecule has 0 aliphatic carbocycles. The summed E-state index contributed by atoms with van der Waals surface area (Å²) in [4.78, 5) is 25.9. The molecule has 0 aliphatic heterocycles. The maximum atomic E-state index is 12.2. The van der Waals surface area contributed by atoms with E-state index in [0.29, 0.717) is 22.7 Å². The Balaban J connectivity index is 2.15. The van der Waals surface area contributed by atoms with Gasteiger partial charge in [0.15, 0.2) is 11.5 Å². The molecule has 0 saturated heterocycles. The molecule has 2 aromatic carbocycles. The highest BCUT2D eigenvalue weighted by atomic mass is 16.5. The third-order valence-corrected chi connectivity index (χ3v) is 3.66. The number of carbonyl (C=O) groups is 2. The van der Waals surface area contributed by atoms with Crippen LogP contribution >= 0.6 is 0 Å². The summed E-state index contributed by atoms with van der Waals surface area (Å²) >= 11 is 0. The van der Waals surface area contributed by atoms with Gasteiger partial charge in [-0.05, 0) is 35.9 Å². The summed E-state index contributed by atoms with van der Waals surface area (Å²) in [6.07, 6.45) is 3.06. The van der Waals surface area contributed by atoms with E-state index in [2.05, 4.69) is 5.32 Å². The van der Waals surface area contributed by atoms with Crippen molar-refractivity contribution in [1.82, 2.24) is 4.90 Å². The lowest BCUT2D eigenvalue weighted by molar-refractivity contribution is -0.111. The van der Waals surface area contributed by atoms with Gasteiger partial charge in [-0.3, -0.25) is 9.59 Å². The normalized spacial score (nSPS) is 10.5. The van der Waals surface area contributed by atoms with Crippen LogP contribution in [0.1, 0.15) is 15.9 Å². The van der Waals surface area contributed by atoms with Crippen LogP contribution in [-0.2, 0) is 4.79 Å². The van der Waals surface area contributed by atoms with Crippen molar-refractivity contribution >= 4 is 23.6 Å². The molecule has 0 aliphatic rings. The lowest BCUT2D eigenvalue weighted by atomic mass is 10.1. The van der Waals surface area contributed by atoms with Crippen LogP contribution in [-0.4, -0.2) is 45.0 Å². The molecule has 0 spiro atoms. The van der Waals surface area contributed by atoms with E-state index >= 15 is 0 Å². The molecule has 0 bridgehead atoms. The molecular formula is C20H22N2O4. The summed E-state index contributed by atoms with van der Waals surface area (Å²) in [6.45, 7) is 0. The van der Waals surface area contributed by atoms with Gasteiger partial charge in [-0.25, -0.2) is 0 Å². The van der Waals surface area contributed by atoms with Gasteiger partial charge in [-0.1, -0.05) is 18.2 Å². The van der Waals surface area contributed by atoms with Crippen molar-refractivity contribution in [3.63, 3.8) is 0 Å². The molecule has 6 nitrogen and oxygen atoms in total. The van der Waals surface area contributed by atoms with Crippen molar-refractivity contribution in [2.24, 2.45) is 0 Å². The van der Waals surface area contributed by atoms with Crippen LogP contribution in [0.3, 0.4) is 0 Å². The van der Waals surface area contributed by atoms with Crippen molar-refractivity contribution in [3.8, 4) is 11.5 Å². The summed E-state index contributed by atoms with van der Waals surface area (Å²) in [7, 11) is 6.44. The molecule has 0 atom stereocenters. The number of hydrogen-bond donors (Lipinski definition) is 1. The second-order valence-electron chi connectivity index (χ2n) is 5.68. The summed E-state index contributed by atoms with van der Waals surface area (Å²) in [5.41, 5.74) is 1.69. The van der Waals surface area contributed by atoms with Gasteiger partial charge in [-0.2, -0.15) is 0 Å². The van der Waals surface area contributed by atoms with Crippen LogP contribution in [0.5, 0.6) is 11.5 Å². The number of rotatable bonds is 6. The second-order valence-corrected chi connectivity index (χ2v) is 5.68. The molecular weight excluding hydrogens is 332 g/mol. The Bertz CT molecular complexity index is 828. The van der Waals surface area contributed by atoms with E-state index < -0.39 is 0 Å². The highest BCUT2D eigenvalue weighted by Crippen LogP contribution is 2.28. The molecule has 2 rings (SSSR count). The molecule has 2 amide bonds. The van der Waals surface area contributed by atoms with Gasteiger partial charge in [0.25, 0.3) is 5.91 Å². The Morgan fingerprint density at radius 3 is 2.35 bits per heavy atom. The molecule has 6 heteroatoms. The van der Waals surface area contributed by atoms with Gasteiger partial charge in [0.05, 0.1) is 25.5 Å². The number of carbonyl (C=O) groups excluding carboxylic acids is 2. The average molecular weight is 354 g/mol. The van der Waals surface area contributed by atoms with E-state index in [4.69, 9.17) is 9.47 Å². The van der Waals surface area contributed by atoms with Gasteiger partial charge >= 0.3 is 0 Å². The Morgan fingerprint density at radius 1 is 1.00 bits per heavy atom. The third kappa shape index (κ3) is 4.63. The SMILES string of the molecule is COc1ccc(C=CC(=O)Nc2ccccc2C(=O)N(C)C)cc1OC. The molecule has 0 radical (unpaired) electrons. The Morgan fingerprint density at radius 2 is 1.69 bits per heavy atom. The minimum atomic E-state index is -0.334. The van der Waals surface area contributed by atoms with E-state index in [1.807, 2.05) is 6.07 Å². The number of benzene rings is 2. The van der Waals surface area contributed by atoms with Gasteiger partial charge in [0.2, 0.25) is 5.91 Å². The number of anilines is 1. The van der Waals surface area contributed by atoms with Gasteiger partial charge < -0.3 is 19.7 Å². The molecule has 2 aromatic rings. The predicted molar refractivity (Wildman–Crippen MR) is 102 cm³/mol. The minimum absolute atomic E-state index is 0.176. The predicted octanol–water partition coefficient (Wildman–Crippen LogP) is 3.06. The Labute approximate surface area is 153 Å². The standard InChI is InChI=1S/C20H22N2O4/c1-22(2)20(24)15-7-5-6-8-16(15)21-19(23)12-10-14-9-11-17(25-3)18(13-14)26-4/h5-13H,1-4H3,(H,21,23). The van der Waals surface area contributed by atoms with Crippen LogP contribution in [0, 0.1) is 0 Å². The Kier molecular flexibility index (Phi) is 6.38. The van der Waals surface area contributed by atoms with Crippen molar-refractivity contribution in [2.75, 3.05) is 33.6 Å².